The number of rotatable bonds is 7. The highest BCUT2D eigenvalue weighted by molar-refractivity contribution is 9.10. The number of hydrogen-bond acceptors (Lipinski definition) is 5. The lowest BCUT2D eigenvalue weighted by Crippen LogP contribution is -2.34. The number of pyridine rings is 1. The lowest BCUT2D eigenvalue weighted by molar-refractivity contribution is 0.0500. The first-order valence-corrected chi connectivity index (χ1v) is 8.01. The number of ether oxygens (including phenoxy) is 2. The van der Waals surface area contributed by atoms with Crippen molar-refractivity contribution >= 4 is 27.9 Å². The molecule has 0 saturated heterocycles. The van der Waals surface area contributed by atoms with E-state index in [4.69, 9.17) is 9.47 Å². The summed E-state index contributed by atoms with van der Waals surface area (Å²) in [5.41, 5.74) is -0.0308. The Morgan fingerprint density at radius 2 is 1.83 bits per heavy atom. The summed E-state index contributed by atoms with van der Waals surface area (Å²) in [4.78, 5) is 27.1. The maximum absolute atomic E-state index is 11.8. The molecule has 0 aliphatic carbocycles. The van der Waals surface area contributed by atoms with E-state index in [-0.39, 0.29) is 5.91 Å². The summed E-state index contributed by atoms with van der Waals surface area (Å²) >= 11 is 3.21. The Kier molecular flexibility index (Phi) is 7.97. The quantitative estimate of drug-likeness (QED) is 0.552. The first kappa shape index (κ1) is 19.4. The van der Waals surface area contributed by atoms with E-state index < -0.39 is 11.7 Å². The summed E-state index contributed by atoms with van der Waals surface area (Å²) < 4.78 is 11.1. The predicted octanol–water partition coefficient (Wildman–Crippen LogP) is 2.12. The Balaban J connectivity index is 2.06. The molecule has 0 aliphatic rings. The van der Waals surface area contributed by atoms with E-state index in [1.165, 1.54) is 6.20 Å². The Bertz CT molecular complexity index is 514. The molecule has 0 spiro atoms. The molecule has 0 unspecified atom stereocenters. The number of alkyl carbamates (subject to hydrolysis) is 1. The van der Waals surface area contributed by atoms with E-state index in [9.17, 15) is 9.59 Å². The van der Waals surface area contributed by atoms with Gasteiger partial charge in [-0.25, -0.2) is 9.78 Å². The van der Waals surface area contributed by atoms with E-state index >= 15 is 0 Å². The average molecular weight is 388 g/mol. The van der Waals surface area contributed by atoms with Crippen LogP contribution in [0, 0.1) is 0 Å². The Morgan fingerprint density at radius 3 is 2.39 bits per heavy atom. The van der Waals surface area contributed by atoms with Gasteiger partial charge in [0.05, 0.1) is 18.8 Å². The normalized spacial score (nSPS) is 11.0. The van der Waals surface area contributed by atoms with Crippen LogP contribution in [0.2, 0.25) is 0 Å². The van der Waals surface area contributed by atoms with E-state index in [2.05, 4.69) is 31.5 Å². The number of nitrogens with one attached hydrogen (secondary N) is 2. The molecule has 1 rings (SSSR count). The molecule has 0 radical (unpaired) electrons. The fourth-order valence-corrected chi connectivity index (χ4v) is 1.72. The van der Waals surface area contributed by atoms with E-state index in [0.717, 1.165) is 0 Å². The van der Waals surface area contributed by atoms with Crippen molar-refractivity contribution in [2.45, 2.75) is 26.4 Å². The molecule has 23 heavy (non-hydrogen) atoms. The molecule has 0 aromatic carbocycles. The van der Waals surface area contributed by atoms with Crippen molar-refractivity contribution in [3.8, 4) is 0 Å². The molecule has 0 aliphatic heterocycles. The Hall–Kier alpha value is -1.67. The van der Waals surface area contributed by atoms with Crippen molar-refractivity contribution in [2.75, 3.05) is 26.3 Å². The van der Waals surface area contributed by atoms with Crippen LogP contribution < -0.4 is 10.6 Å². The lowest BCUT2D eigenvalue weighted by atomic mass is 10.2. The summed E-state index contributed by atoms with van der Waals surface area (Å²) in [6.45, 7) is 6.81. The number of carbonyl (C=O) groups excluding carboxylic acids is 2. The number of amides is 2. The third kappa shape index (κ3) is 9.14. The van der Waals surface area contributed by atoms with Gasteiger partial charge in [0.1, 0.15) is 10.2 Å². The van der Waals surface area contributed by atoms with Crippen molar-refractivity contribution in [3.05, 3.63) is 28.5 Å². The van der Waals surface area contributed by atoms with Crippen LogP contribution in [-0.4, -0.2) is 48.9 Å². The Morgan fingerprint density at radius 1 is 1.17 bits per heavy atom. The van der Waals surface area contributed by atoms with Crippen LogP contribution in [0.15, 0.2) is 22.9 Å². The molecule has 0 fully saturated rings. The van der Waals surface area contributed by atoms with Crippen LogP contribution in [0.4, 0.5) is 4.79 Å². The van der Waals surface area contributed by atoms with Crippen LogP contribution in [-0.2, 0) is 9.47 Å². The van der Waals surface area contributed by atoms with Gasteiger partial charge in [-0.3, -0.25) is 4.79 Å². The van der Waals surface area contributed by atoms with Gasteiger partial charge in [-0.2, -0.15) is 0 Å². The average Bonchev–Trinajstić information content (AvgIpc) is 2.45. The summed E-state index contributed by atoms with van der Waals surface area (Å²) in [7, 11) is 0. The summed E-state index contributed by atoms with van der Waals surface area (Å²) in [5, 5.41) is 5.30. The Labute approximate surface area is 144 Å². The smallest absolute Gasteiger partial charge is 0.407 e. The van der Waals surface area contributed by atoms with Crippen LogP contribution in [0.25, 0.3) is 0 Å². The molecule has 2 amide bonds. The third-order valence-corrected chi connectivity index (χ3v) is 2.91. The summed E-state index contributed by atoms with van der Waals surface area (Å²) in [6, 6.07) is 3.38. The number of carbonyl (C=O) groups is 2. The molecule has 2 N–H and O–H groups in total. The number of nitrogens with zero attached hydrogens (tertiary/aromatic N) is 1. The van der Waals surface area contributed by atoms with Gasteiger partial charge < -0.3 is 20.1 Å². The zero-order valence-corrected chi connectivity index (χ0v) is 15.1. The molecule has 128 valence electrons. The predicted molar refractivity (Wildman–Crippen MR) is 89.3 cm³/mol. The van der Waals surface area contributed by atoms with Crippen LogP contribution in [0.3, 0.4) is 0 Å². The monoisotopic (exact) mass is 387 g/mol. The molecule has 0 atom stereocenters. The SMILES string of the molecule is CC(C)(C)OC(=O)NCCOCCNC(=O)c1ccc(Br)nc1. The molecule has 0 saturated carbocycles. The van der Waals surface area contributed by atoms with Crippen LogP contribution >= 0.6 is 15.9 Å². The second-order valence-corrected chi connectivity index (χ2v) is 6.48. The fourth-order valence-electron chi connectivity index (χ4n) is 1.49. The van der Waals surface area contributed by atoms with Gasteiger partial charge in [0.25, 0.3) is 5.91 Å². The fraction of sp³-hybridized carbons (Fsp3) is 0.533. The lowest BCUT2D eigenvalue weighted by Gasteiger charge is -2.19. The van der Waals surface area contributed by atoms with Crippen molar-refractivity contribution in [3.63, 3.8) is 0 Å². The summed E-state index contributed by atoms with van der Waals surface area (Å²) in [5.74, 6) is -0.208. The second-order valence-electron chi connectivity index (χ2n) is 5.67. The topological polar surface area (TPSA) is 89.5 Å². The highest BCUT2D eigenvalue weighted by Crippen LogP contribution is 2.06. The van der Waals surface area contributed by atoms with Crippen molar-refractivity contribution in [1.29, 1.82) is 0 Å². The first-order valence-electron chi connectivity index (χ1n) is 7.22. The minimum atomic E-state index is -0.517. The second kappa shape index (κ2) is 9.46. The van der Waals surface area contributed by atoms with Crippen molar-refractivity contribution < 1.29 is 19.1 Å². The first-order chi connectivity index (χ1) is 10.8. The largest absolute Gasteiger partial charge is 0.444 e. The van der Waals surface area contributed by atoms with Crippen molar-refractivity contribution in [1.82, 2.24) is 15.6 Å². The maximum Gasteiger partial charge on any atom is 0.407 e. The standard InChI is InChI=1S/C15H22BrN3O4/c1-15(2,3)23-14(21)18-7-9-22-8-6-17-13(20)11-4-5-12(16)19-10-11/h4-5,10H,6-9H2,1-3H3,(H,17,20)(H,18,21). The molecule has 1 aromatic rings. The number of hydrogen-bond donors (Lipinski definition) is 2. The highest BCUT2D eigenvalue weighted by Gasteiger charge is 2.15. The molecule has 1 heterocycles. The van der Waals surface area contributed by atoms with Gasteiger partial charge in [0, 0.05) is 19.3 Å². The third-order valence-electron chi connectivity index (χ3n) is 2.44. The molecular weight excluding hydrogens is 366 g/mol. The zero-order valence-electron chi connectivity index (χ0n) is 13.5. The minimum absolute atomic E-state index is 0.208. The van der Waals surface area contributed by atoms with Crippen LogP contribution in [0.1, 0.15) is 31.1 Å². The minimum Gasteiger partial charge on any atom is -0.444 e. The van der Waals surface area contributed by atoms with E-state index in [0.29, 0.717) is 36.5 Å². The molecule has 1 aromatic heterocycles. The zero-order chi connectivity index (χ0) is 17.3. The van der Waals surface area contributed by atoms with Crippen LogP contribution in [0.5, 0.6) is 0 Å². The summed E-state index contributed by atoms with van der Waals surface area (Å²) in [6.07, 6.45) is 1.02. The van der Waals surface area contributed by atoms with Gasteiger partial charge in [-0.1, -0.05) is 0 Å². The molecular formula is C15H22BrN3O4. The maximum atomic E-state index is 11.8. The molecule has 0 bridgehead atoms. The van der Waals surface area contributed by atoms with Gasteiger partial charge >= 0.3 is 6.09 Å². The van der Waals surface area contributed by atoms with Gasteiger partial charge in [0.15, 0.2) is 0 Å². The van der Waals surface area contributed by atoms with E-state index in [1.807, 2.05) is 0 Å². The van der Waals surface area contributed by atoms with Gasteiger partial charge in [0.2, 0.25) is 0 Å². The van der Waals surface area contributed by atoms with Gasteiger partial charge in [-0.15, -0.1) is 0 Å². The van der Waals surface area contributed by atoms with Gasteiger partial charge in [-0.05, 0) is 48.8 Å². The molecule has 7 nitrogen and oxygen atoms in total. The van der Waals surface area contributed by atoms with E-state index in [1.54, 1.807) is 32.9 Å². The number of halogens is 1. The highest BCUT2D eigenvalue weighted by atomic mass is 79.9. The number of aromatic nitrogens is 1. The molecule has 8 heteroatoms. The van der Waals surface area contributed by atoms with Crippen molar-refractivity contribution in [2.24, 2.45) is 0 Å².